The van der Waals surface area contributed by atoms with Crippen LogP contribution in [0.1, 0.15) is 88.9 Å². The smallest absolute Gasteiger partial charge is 0.255 e. The fourth-order valence-corrected chi connectivity index (χ4v) is 11.8. The predicted octanol–water partition coefficient (Wildman–Crippen LogP) is 8.23. The largest absolute Gasteiger partial charge is 0.492 e. The number of aromatic amines is 2. The lowest BCUT2D eigenvalue weighted by atomic mass is 9.92. The molecule has 0 radical (unpaired) electrons. The maximum absolute atomic E-state index is 16.4. The first-order valence-corrected chi connectivity index (χ1v) is 24.8. The van der Waals surface area contributed by atoms with Crippen LogP contribution in [0.15, 0.2) is 73.3 Å². The quantitative estimate of drug-likeness (QED) is 0.0903. The number of ether oxygens (including phenoxy) is 4. The van der Waals surface area contributed by atoms with Crippen LogP contribution in [-0.4, -0.2) is 119 Å². The summed E-state index contributed by atoms with van der Waals surface area (Å²) in [4.78, 5) is 48.7. The molecule has 16 nitrogen and oxygen atoms in total. The van der Waals surface area contributed by atoms with Crippen LogP contribution >= 0.6 is 0 Å². The SMILES string of the molecule is COc1c(F)cccc1Nc1c2[nH]c3c1C(=O)NC[C@@H]3CCCN1CC(Oc3c(F)cccc3Nc3c4[nH]c5c3C(=O)NC[C@H]5CCCN3CCC[C@@H]3COc3cnccc3-4)C[C@@H]1COc1cnccc1-2. The van der Waals surface area contributed by atoms with Crippen molar-refractivity contribution in [3.8, 4) is 45.5 Å². The lowest BCUT2D eigenvalue weighted by Gasteiger charge is -2.27. The van der Waals surface area contributed by atoms with Gasteiger partial charge in [-0.1, -0.05) is 12.1 Å². The minimum absolute atomic E-state index is 0.0259. The molecule has 2 aromatic carbocycles. The van der Waals surface area contributed by atoms with Crippen LogP contribution in [0.25, 0.3) is 22.5 Å². The van der Waals surface area contributed by atoms with Gasteiger partial charge in [0.05, 0.1) is 64.8 Å². The van der Waals surface area contributed by atoms with E-state index in [1.165, 1.54) is 19.2 Å². The van der Waals surface area contributed by atoms with Crippen LogP contribution < -0.4 is 40.2 Å². The van der Waals surface area contributed by atoms with E-state index in [0.717, 1.165) is 68.6 Å². The number of aromatic nitrogens is 4. The van der Waals surface area contributed by atoms with Gasteiger partial charge >= 0.3 is 0 Å². The Labute approximate surface area is 409 Å². The number of H-pyrrole nitrogens is 2. The van der Waals surface area contributed by atoms with Crippen molar-refractivity contribution in [3.05, 3.63) is 107 Å². The Hall–Kier alpha value is -7.18. The second-order valence-corrected chi connectivity index (χ2v) is 19.4. The number of carbonyl (C=O) groups excluding carboxylic acids is 2. The summed E-state index contributed by atoms with van der Waals surface area (Å²) in [7, 11) is 1.41. The molecule has 6 aliphatic rings. The van der Waals surface area contributed by atoms with Crippen molar-refractivity contribution in [3.63, 3.8) is 0 Å². The summed E-state index contributed by atoms with van der Waals surface area (Å²) in [5.41, 5.74) is 7.00. The topological polar surface area (TPSA) is 183 Å². The first kappa shape index (κ1) is 45.0. The number of hydrogen-bond donors (Lipinski definition) is 6. The van der Waals surface area contributed by atoms with E-state index in [4.69, 9.17) is 18.9 Å². The monoisotopic (exact) mass is 966 g/mol. The highest BCUT2D eigenvalue weighted by Crippen LogP contribution is 2.47. The average molecular weight is 967 g/mol. The maximum atomic E-state index is 16.4. The highest BCUT2D eigenvalue weighted by atomic mass is 19.1. The number of nitrogens with zero attached hydrogens (tertiary/aromatic N) is 4. The standard InChI is InChI=1S/C53H56F2N10O6/c1-68-50-36(54)10-2-12-38(50)60-48-42-45-30(23-59-52(42)66)8-5-20-65-26-33(21-32(65)28-70-41-25-57-17-15-35(41)46(48)62-45)71-51-37(55)11-3-13-39(51)61-49-43-44-29(22-58-53(43)67)7-4-18-64-19-6-9-31(64)27-69-40-24-56-16-14-34(40)47(49)63-44/h2-3,10-17,24-25,29-33,60-63H,4-9,18-23,26-28H2,1H3,(H,58,67)(H,59,66)/t29-,30+,31-,32-,33?/m1/s1. The lowest BCUT2D eigenvalue weighted by molar-refractivity contribution is 0.0931. The van der Waals surface area contributed by atoms with Gasteiger partial charge in [0.25, 0.3) is 11.8 Å². The number of amides is 2. The van der Waals surface area contributed by atoms with Crippen LogP contribution in [0.4, 0.5) is 31.5 Å². The van der Waals surface area contributed by atoms with E-state index >= 15 is 4.39 Å². The van der Waals surface area contributed by atoms with Crippen LogP contribution in [-0.2, 0) is 0 Å². The third-order valence-electron chi connectivity index (χ3n) is 15.2. The number of hydrogen-bond acceptors (Lipinski definition) is 12. The molecule has 0 aliphatic carbocycles. The maximum Gasteiger partial charge on any atom is 0.255 e. The van der Waals surface area contributed by atoms with Gasteiger partial charge in [-0.2, -0.15) is 0 Å². The molecule has 2 fully saturated rings. The number of anilines is 4. The molecule has 2 saturated heterocycles. The lowest BCUT2D eigenvalue weighted by Crippen LogP contribution is -2.37. The molecule has 0 saturated carbocycles. The Morgan fingerprint density at radius 1 is 0.676 bits per heavy atom. The van der Waals surface area contributed by atoms with Crippen LogP contribution in [0.5, 0.6) is 23.0 Å². The van der Waals surface area contributed by atoms with Crippen LogP contribution in [0, 0.1) is 11.6 Å². The average Bonchev–Trinajstić information content (AvgIpc) is 4.18. The summed E-state index contributed by atoms with van der Waals surface area (Å²) in [6.45, 7) is 4.97. The minimum Gasteiger partial charge on any atom is -0.492 e. The molecule has 2 amide bonds. The Morgan fingerprint density at radius 3 is 1.80 bits per heavy atom. The minimum atomic E-state index is -0.537. The van der Waals surface area contributed by atoms with Gasteiger partial charge in [-0.3, -0.25) is 29.4 Å². The number of halogens is 2. The van der Waals surface area contributed by atoms with Crippen molar-refractivity contribution < 1.29 is 37.3 Å². The highest BCUT2D eigenvalue weighted by Gasteiger charge is 2.39. The number of fused-ring (bicyclic) bond motifs is 8. The number of para-hydroxylation sites is 2. The van der Waals surface area contributed by atoms with Crippen molar-refractivity contribution in [2.45, 2.75) is 75.0 Å². The number of nitrogens with one attached hydrogen (secondary N) is 6. The van der Waals surface area contributed by atoms with Crippen molar-refractivity contribution in [2.24, 2.45) is 0 Å². The Bertz CT molecular complexity index is 3020. The zero-order valence-corrected chi connectivity index (χ0v) is 39.4. The van der Waals surface area contributed by atoms with Crippen molar-refractivity contribution in [1.29, 1.82) is 0 Å². The van der Waals surface area contributed by atoms with Crippen molar-refractivity contribution in [2.75, 3.05) is 70.2 Å². The molecule has 18 heteroatoms. The molecule has 4 bridgehead atoms. The Balaban J connectivity index is 0.845. The van der Waals surface area contributed by atoms with Gasteiger partial charge in [0.15, 0.2) is 23.1 Å². The molecule has 1 unspecified atom stereocenters. The van der Waals surface area contributed by atoms with E-state index in [1.54, 1.807) is 49.1 Å². The van der Waals surface area contributed by atoms with E-state index in [9.17, 15) is 14.0 Å². The normalized spacial score (nSPS) is 23.1. The molecule has 10 heterocycles. The summed E-state index contributed by atoms with van der Waals surface area (Å²) < 4.78 is 56.8. The summed E-state index contributed by atoms with van der Waals surface area (Å²) >= 11 is 0. The number of benzene rings is 2. The molecule has 368 valence electrons. The zero-order valence-electron chi connectivity index (χ0n) is 39.4. The molecule has 4 aromatic heterocycles. The third kappa shape index (κ3) is 8.35. The van der Waals surface area contributed by atoms with E-state index in [0.29, 0.717) is 108 Å². The second-order valence-electron chi connectivity index (χ2n) is 19.4. The van der Waals surface area contributed by atoms with E-state index in [1.807, 2.05) is 12.1 Å². The van der Waals surface area contributed by atoms with Gasteiger partial charge in [-0.25, -0.2) is 8.78 Å². The fraction of sp³-hybridized carbons (Fsp3) is 0.396. The number of carbonyl (C=O) groups is 2. The van der Waals surface area contributed by atoms with Crippen molar-refractivity contribution in [1.82, 2.24) is 40.4 Å². The summed E-state index contributed by atoms with van der Waals surface area (Å²) in [6, 6.07) is 13.4. The van der Waals surface area contributed by atoms with Gasteiger partial charge in [-0.15, -0.1) is 0 Å². The van der Waals surface area contributed by atoms with Gasteiger partial charge in [0.2, 0.25) is 0 Å². The molecular formula is C53H56F2N10O6. The van der Waals surface area contributed by atoms with Crippen molar-refractivity contribution >= 4 is 34.6 Å². The van der Waals surface area contributed by atoms with Gasteiger partial charge in [-0.05, 0) is 94.6 Å². The van der Waals surface area contributed by atoms with E-state index in [-0.39, 0.29) is 47.8 Å². The third-order valence-corrected chi connectivity index (χ3v) is 15.2. The first-order chi connectivity index (χ1) is 34.8. The summed E-state index contributed by atoms with van der Waals surface area (Å²) in [5, 5.41) is 13.1. The predicted molar refractivity (Wildman–Crippen MR) is 263 cm³/mol. The number of pyridine rings is 2. The summed E-state index contributed by atoms with van der Waals surface area (Å²) in [6.07, 6.45) is 12.5. The molecule has 6 aliphatic heterocycles. The Morgan fingerprint density at radius 2 is 1.21 bits per heavy atom. The number of rotatable bonds is 7. The molecule has 12 rings (SSSR count). The first-order valence-electron chi connectivity index (χ1n) is 24.8. The highest BCUT2D eigenvalue weighted by molar-refractivity contribution is 6.08. The second kappa shape index (κ2) is 18.9. The van der Waals surface area contributed by atoms with E-state index in [2.05, 4.69) is 51.0 Å². The fourth-order valence-electron chi connectivity index (χ4n) is 11.8. The molecule has 6 N–H and O–H groups in total. The van der Waals surface area contributed by atoms with Gasteiger partial charge in [0, 0.05) is 84.9 Å². The van der Waals surface area contributed by atoms with Gasteiger partial charge in [0.1, 0.15) is 30.8 Å². The van der Waals surface area contributed by atoms with Crippen LogP contribution in [0.3, 0.4) is 0 Å². The molecule has 71 heavy (non-hydrogen) atoms. The summed E-state index contributed by atoms with van der Waals surface area (Å²) in [5.74, 6) is -0.362. The van der Waals surface area contributed by atoms with E-state index < -0.39 is 17.7 Å². The zero-order chi connectivity index (χ0) is 48.2. The molecule has 6 aromatic rings. The van der Waals surface area contributed by atoms with Crippen LogP contribution in [0.2, 0.25) is 0 Å². The molecule has 5 atom stereocenters. The molecular weight excluding hydrogens is 911 g/mol. The Kier molecular flexibility index (Phi) is 12.0. The number of methoxy groups -OCH3 is 1. The molecule has 0 spiro atoms. The van der Waals surface area contributed by atoms with Gasteiger partial charge < -0.3 is 50.2 Å².